The number of benzene rings is 2. The third kappa shape index (κ3) is 4.51. The van der Waals surface area contributed by atoms with E-state index < -0.39 is 16.2 Å². The van der Waals surface area contributed by atoms with Gasteiger partial charge in [0.15, 0.2) is 0 Å². The SMILES string of the molecule is CC1(C)Cc2cc(OC(=O)O)ccc2NC1c1cccc(NS(C)(=O)=O)c1. The highest BCUT2D eigenvalue weighted by Gasteiger charge is 2.36. The molecule has 2 aromatic rings. The van der Waals surface area contributed by atoms with Crippen LogP contribution in [0, 0.1) is 5.41 Å². The van der Waals surface area contributed by atoms with Crippen molar-refractivity contribution in [2.24, 2.45) is 5.41 Å². The number of nitrogens with one attached hydrogen (secondary N) is 2. The minimum atomic E-state index is -3.35. The van der Waals surface area contributed by atoms with Crippen molar-refractivity contribution in [2.75, 3.05) is 16.3 Å². The van der Waals surface area contributed by atoms with Crippen LogP contribution in [-0.2, 0) is 16.4 Å². The van der Waals surface area contributed by atoms with E-state index in [4.69, 9.17) is 9.84 Å². The van der Waals surface area contributed by atoms with Crippen molar-refractivity contribution in [3.8, 4) is 5.75 Å². The van der Waals surface area contributed by atoms with Crippen molar-refractivity contribution < 1.29 is 23.1 Å². The molecule has 1 aliphatic heterocycles. The van der Waals surface area contributed by atoms with E-state index in [1.165, 1.54) is 0 Å². The Morgan fingerprint density at radius 2 is 2.00 bits per heavy atom. The van der Waals surface area contributed by atoms with Crippen LogP contribution >= 0.6 is 0 Å². The predicted octanol–water partition coefficient (Wildman–Crippen LogP) is 3.85. The molecule has 0 saturated heterocycles. The molecule has 144 valence electrons. The molecule has 0 amide bonds. The summed E-state index contributed by atoms with van der Waals surface area (Å²) in [6.45, 7) is 4.21. The van der Waals surface area contributed by atoms with Crippen LogP contribution in [0.15, 0.2) is 42.5 Å². The molecule has 0 radical (unpaired) electrons. The molecule has 0 saturated carbocycles. The largest absolute Gasteiger partial charge is 0.511 e. The summed E-state index contributed by atoms with van der Waals surface area (Å²) >= 11 is 0. The summed E-state index contributed by atoms with van der Waals surface area (Å²) in [4.78, 5) is 10.7. The number of hydrogen-bond acceptors (Lipinski definition) is 5. The average Bonchev–Trinajstić information content (AvgIpc) is 2.51. The summed E-state index contributed by atoms with van der Waals surface area (Å²) < 4.78 is 30.3. The molecule has 3 N–H and O–H groups in total. The van der Waals surface area contributed by atoms with E-state index in [0.29, 0.717) is 12.1 Å². The Balaban J connectivity index is 1.92. The number of carbonyl (C=O) groups is 1. The van der Waals surface area contributed by atoms with Crippen molar-refractivity contribution >= 4 is 27.6 Å². The van der Waals surface area contributed by atoms with E-state index in [2.05, 4.69) is 23.9 Å². The number of rotatable bonds is 4. The van der Waals surface area contributed by atoms with Gasteiger partial charge in [-0.3, -0.25) is 4.72 Å². The van der Waals surface area contributed by atoms with Gasteiger partial charge in [0.05, 0.1) is 12.3 Å². The monoisotopic (exact) mass is 390 g/mol. The van der Waals surface area contributed by atoms with Crippen LogP contribution in [0.5, 0.6) is 5.75 Å². The van der Waals surface area contributed by atoms with Gasteiger partial charge in [0.2, 0.25) is 10.0 Å². The van der Waals surface area contributed by atoms with Gasteiger partial charge >= 0.3 is 6.16 Å². The molecule has 0 aliphatic carbocycles. The quantitative estimate of drug-likeness (QED) is 0.541. The Kier molecular flexibility index (Phi) is 4.77. The van der Waals surface area contributed by atoms with Crippen LogP contribution < -0.4 is 14.8 Å². The van der Waals surface area contributed by atoms with Gasteiger partial charge in [0.1, 0.15) is 5.75 Å². The van der Waals surface area contributed by atoms with Crippen molar-refractivity contribution in [1.29, 1.82) is 0 Å². The van der Waals surface area contributed by atoms with Gasteiger partial charge in [-0.05, 0) is 53.3 Å². The molecule has 3 rings (SSSR count). The summed E-state index contributed by atoms with van der Waals surface area (Å²) in [6.07, 6.45) is 0.488. The highest BCUT2D eigenvalue weighted by atomic mass is 32.2. The van der Waals surface area contributed by atoms with Crippen LogP contribution in [0.2, 0.25) is 0 Å². The zero-order valence-electron chi connectivity index (χ0n) is 15.3. The number of carboxylic acid groups (broad SMARTS) is 1. The first-order valence-corrected chi connectivity index (χ1v) is 10.3. The van der Waals surface area contributed by atoms with E-state index in [-0.39, 0.29) is 17.2 Å². The Morgan fingerprint density at radius 1 is 1.26 bits per heavy atom. The molecule has 2 aromatic carbocycles. The number of fused-ring (bicyclic) bond motifs is 1. The highest BCUT2D eigenvalue weighted by molar-refractivity contribution is 7.92. The fourth-order valence-electron chi connectivity index (χ4n) is 3.50. The minimum absolute atomic E-state index is 0.0439. The van der Waals surface area contributed by atoms with Gasteiger partial charge in [-0.25, -0.2) is 13.2 Å². The summed E-state index contributed by atoms with van der Waals surface area (Å²) in [6, 6.07) is 12.4. The first-order chi connectivity index (χ1) is 12.5. The van der Waals surface area contributed by atoms with Gasteiger partial charge in [0.25, 0.3) is 0 Å². The van der Waals surface area contributed by atoms with Gasteiger partial charge in [-0.15, -0.1) is 0 Å². The van der Waals surface area contributed by atoms with E-state index in [1.807, 2.05) is 18.2 Å². The smallest absolute Gasteiger partial charge is 0.449 e. The van der Waals surface area contributed by atoms with Crippen molar-refractivity contribution in [3.05, 3.63) is 53.6 Å². The topological polar surface area (TPSA) is 105 Å². The number of anilines is 2. The first kappa shape index (κ1) is 19.0. The Labute approximate surface area is 158 Å². The van der Waals surface area contributed by atoms with Crippen LogP contribution in [0.25, 0.3) is 0 Å². The number of ether oxygens (including phenoxy) is 1. The van der Waals surface area contributed by atoms with Crippen molar-refractivity contribution in [3.63, 3.8) is 0 Å². The molecule has 0 aromatic heterocycles. The lowest BCUT2D eigenvalue weighted by atomic mass is 9.73. The standard InChI is InChI=1S/C19H22N2O5S/c1-19(2)11-13-10-15(26-18(22)23)7-8-16(13)20-17(19)12-5-4-6-14(9-12)21-27(3,24)25/h4-10,17,20-21H,11H2,1-3H3,(H,22,23). The number of hydrogen-bond donors (Lipinski definition) is 3. The Morgan fingerprint density at radius 3 is 2.67 bits per heavy atom. The maximum atomic E-state index is 11.5. The average molecular weight is 390 g/mol. The minimum Gasteiger partial charge on any atom is -0.449 e. The molecular formula is C19H22N2O5S. The second kappa shape index (κ2) is 6.77. The Bertz CT molecular complexity index is 985. The molecule has 0 spiro atoms. The first-order valence-electron chi connectivity index (χ1n) is 8.41. The molecule has 1 aliphatic rings. The lowest BCUT2D eigenvalue weighted by Crippen LogP contribution is -2.35. The third-order valence-electron chi connectivity index (χ3n) is 4.53. The summed E-state index contributed by atoms with van der Waals surface area (Å²) in [7, 11) is -3.35. The molecule has 8 heteroatoms. The van der Waals surface area contributed by atoms with E-state index in [9.17, 15) is 13.2 Å². The van der Waals surface area contributed by atoms with E-state index in [0.717, 1.165) is 23.1 Å². The number of sulfonamides is 1. The lowest BCUT2D eigenvalue weighted by molar-refractivity contribution is 0.144. The predicted molar refractivity (Wildman–Crippen MR) is 104 cm³/mol. The molecule has 7 nitrogen and oxygen atoms in total. The van der Waals surface area contributed by atoms with Gasteiger partial charge in [0, 0.05) is 11.4 Å². The zero-order valence-corrected chi connectivity index (χ0v) is 16.1. The highest BCUT2D eigenvalue weighted by Crippen LogP contribution is 2.45. The van der Waals surface area contributed by atoms with Gasteiger partial charge in [-0.1, -0.05) is 26.0 Å². The summed E-state index contributed by atoms with van der Waals surface area (Å²) in [5.74, 6) is 0.289. The molecule has 0 bridgehead atoms. The van der Waals surface area contributed by atoms with E-state index >= 15 is 0 Å². The van der Waals surface area contributed by atoms with E-state index in [1.54, 1.807) is 24.3 Å². The zero-order chi connectivity index (χ0) is 19.8. The summed E-state index contributed by atoms with van der Waals surface area (Å²) in [5, 5.41) is 12.3. The van der Waals surface area contributed by atoms with Crippen molar-refractivity contribution in [2.45, 2.75) is 26.3 Å². The molecule has 0 fully saturated rings. The lowest BCUT2D eigenvalue weighted by Gasteiger charge is -2.41. The van der Waals surface area contributed by atoms with Gasteiger partial charge < -0.3 is 15.2 Å². The molecule has 1 unspecified atom stereocenters. The fourth-order valence-corrected chi connectivity index (χ4v) is 4.05. The summed E-state index contributed by atoms with van der Waals surface area (Å²) in [5.41, 5.74) is 3.16. The maximum absolute atomic E-state index is 11.5. The third-order valence-corrected chi connectivity index (χ3v) is 5.14. The second-order valence-corrected chi connectivity index (χ2v) is 9.18. The van der Waals surface area contributed by atoms with Crippen LogP contribution in [0.4, 0.5) is 16.2 Å². The van der Waals surface area contributed by atoms with Gasteiger partial charge in [-0.2, -0.15) is 0 Å². The molecule has 1 heterocycles. The van der Waals surface area contributed by atoms with Crippen LogP contribution in [0.3, 0.4) is 0 Å². The second-order valence-electron chi connectivity index (χ2n) is 7.43. The molecular weight excluding hydrogens is 368 g/mol. The fraction of sp³-hybridized carbons (Fsp3) is 0.316. The molecule has 27 heavy (non-hydrogen) atoms. The van der Waals surface area contributed by atoms with Crippen LogP contribution in [0.1, 0.15) is 31.0 Å². The normalized spacial score (nSPS) is 18.1. The molecule has 1 atom stereocenters. The van der Waals surface area contributed by atoms with Crippen molar-refractivity contribution in [1.82, 2.24) is 0 Å². The Hall–Kier alpha value is -2.74. The van der Waals surface area contributed by atoms with Crippen LogP contribution in [-0.4, -0.2) is 25.9 Å². The maximum Gasteiger partial charge on any atom is 0.511 e.